The number of ketones is 1. The molecule has 0 radical (unpaired) electrons. The van der Waals surface area contributed by atoms with Gasteiger partial charge >= 0.3 is 6.18 Å². The number of fused-ring (bicyclic) bond motifs is 1. The molecule has 3 rings (SSSR count). The molecule has 9 heteroatoms. The van der Waals surface area contributed by atoms with Gasteiger partial charge in [0.25, 0.3) is 5.78 Å². The van der Waals surface area contributed by atoms with Crippen LogP contribution in [0.2, 0.25) is 0 Å². The molecular formula is C12H7F3N4OS. The number of hydrogen-bond acceptors (Lipinski definition) is 5. The van der Waals surface area contributed by atoms with Crippen molar-refractivity contribution in [2.24, 2.45) is 0 Å². The fourth-order valence-corrected chi connectivity index (χ4v) is 2.71. The summed E-state index contributed by atoms with van der Waals surface area (Å²) in [6.45, 7) is 0.164. The Morgan fingerprint density at radius 3 is 2.76 bits per heavy atom. The summed E-state index contributed by atoms with van der Waals surface area (Å²) in [5, 5.41) is 7.45. The molecule has 1 aromatic carbocycles. The highest BCUT2D eigenvalue weighted by atomic mass is 32.1. The predicted molar refractivity (Wildman–Crippen MR) is 69.1 cm³/mol. The molecule has 2 aromatic heterocycles. The largest absolute Gasteiger partial charge is 0.456 e. The molecule has 0 atom stereocenters. The number of para-hydroxylation sites is 1. The fraction of sp³-hybridized carbons (Fsp3) is 0.167. The Morgan fingerprint density at radius 2 is 2.05 bits per heavy atom. The highest BCUT2D eigenvalue weighted by molar-refractivity contribution is 7.18. The average Bonchev–Trinajstić information content (AvgIpc) is 3.03. The van der Waals surface area contributed by atoms with Crippen LogP contribution < -0.4 is 0 Å². The molecule has 0 bridgehead atoms. The van der Waals surface area contributed by atoms with E-state index in [0.29, 0.717) is 5.01 Å². The van der Waals surface area contributed by atoms with Gasteiger partial charge in [0.2, 0.25) is 0 Å². The number of halogens is 3. The van der Waals surface area contributed by atoms with Gasteiger partial charge in [0.15, 0.2) is 5.69 Å². The number of carbonyl (C=O) groups is 1. The lowest BCUT2D eigenvalue weighted by Crippen LogP contribution is -2.23. The van der Waals surface area contributed by atoms with Crippen LogP contribution >= 0.6 is 11.3 Å². The van der Waals surface area contributed by atoms with Crippen LogP contribution in [0.4, 0.5) is 13.2 Å². The zero-order valence-electron chi connectivity index (χ0n) is 10.3. The summed E-state index contributed by atoms with van der Waals surface area (Å²) in [7, 11) is 0. The van der Waals surface area contributed by atoms with Crippen molar-refractivity contribution in [3.63, 3.8) is 0 Å². The summed E-state index contributed by atoms with van der Waals surface area (Å²) in [5.41, 5.74) is 0.0906. The van der Waals surface area contributed by atoms with Crippen molar-refractivity contribution in [2.75, 3.05) is 0 Å². The van der Waals surface area contributed by atoms with Gasteiger partial charge in [-0.05, 0) is 12.1 Å². The first-order valence-corrected chi connectivity index (χ1v) is 6.61. The van der Waals surface area contributed by atoms with Crippen molar-refractivity contribution >= 4 is 27.3 Å². The molecule has 5 nitrogen and oxygen atoms in total. The van der Waals surface area contributed by atoms with E-state index in [1.807, 2.05) is 24.3 Å². The van der Waals surface area contributed by atoms with Gasteiger partial charge in [-0.1, -0.05) is 17.3 Å². The van der Waals surface area contributed by atoms with Crippen LogP contribution in [-0.2, 0) is 6.54 Å². The van der Waals surface area contributed by atoms with Crippen LogP contribution in [0, 0.1) is 0 Å². The number of aromatic nitrogens is 4. The maximum absolute atomic E-state index is 12.3. The first-order chi connectivity index (χ1) is 9.93. The van der Waals surface area contributed by atoms with Gasteiger partial charge in [0.1, 0.15) is 5.01 Å². The second-order valence-electron chi connectivity index (χ2n) is 4.20. The molecule has 0 fully saturated rings. The number of thiazole rings is 1. The van der Waals surface area contributed by atoms with E-state index in [2.05, 4.69) is 15.3 Å². The summed E-state index contributed by atoms with van der Waals surface area (Å²) < 4.78 is 39.0. The van der Waals surface area contributed by atoms with E-state index >= 15 is 0 Å². The summed E-state index contributed by atoms with van der Waals surface area (Å²) >= 11 is 1.41. The van der Waals surface area contributed by atoms with Crippen LogP contribution in [0.5, 0.6) is 0 Å². The molecule has 0 saturated carbocycles. The third-order valence-electron chi connectivity index (χ3n) is 2.66. The highest BCUT2D eigenvalue weighted by Crippen LogP contribution is 2.23. The maximum atomic E-state index is 12.3. The lowest BCUT2D eigenvalue weighted by molar-refractivity contribution is -0.0888. The van der Waals surface area contributed by atoms with Crippen molar-refractivity contribution in [1.29, 1.82) is 0 Å². The Hall–Kier alpha value is -2.29. The first kappa shape index (κ1) is 13.7. The molecule has 0 spiro atoms. The van der Waals surface area contributed by atoms with E-state index < -0.39 is 17.7 Å². The monoisotopic (exact) mass is 312 g/mol. The lowest BCUT2D eigenvalue weighted by Gasteiger charge is -1.99. The SMILES string of the molecule is O=C(c1cn(Cc2nc3ccccc3s2)nn1)C(F)(F)F. The summed E-state index contributed by atoms with van der Waals surface area (Å²) in [6, 6.07) is 7.47. The molecule has 0 amide bonds. The number of Topliss-reactive ketones (excluding diaryl/α,β-unsaturated/α-hetero) is 1. The number of alkyl halides is 3. The lowest BCUT2D eigenvalue weighted by atomic mass is 10.3. The minimum atomic E-state index is -4.95. The Bertz CT molecular complexity index is 775. The molecule has 0 aliphatic carbocycles. The molecule has 21 heavy (non-hydrogen) atoms. The molecule has 3 aromatic rings. The van der Waals surface area contributed by atoms with Crippen molar-refractivity contribution in [3.8, 4) is 0 Å². The van der Waals surface area contributed by atoms with Gasteiger partial charge < -0.3 is 0 Å². The minimum absolute atomic E-state index is 0.164. The zero-order valence-corrected chi connectivity index (χ0v) is 11.1. The third-order valence-corrected chi connectivity index (χ3v) is 3.69. The third kappa shape index (κ3) is 2.77. The van der Waals surface area contributed by atoms with Gasteiger partial charge in [0.05, 0.1) is 23.0 Å². The topological polar surface area (TPSA) is 60.7 Å². The normalized spacial score (nSPS) is 12.0. The Morgan fingerprint density at radius 1 is 1.29 bits per heavy atom. The van der Waals surface area contributed by atoms with E-state index in [-0.39, 0.29) is 6.54 Å². The molecular weight excluding hydrogens is 305 g/mol. The molecule has 108 valence electrons. The van der Waals surface area contributed by atoms with Gasteiger partial charge in [0, 0.05) is 0 Å². The van der Waals surface area contributed by atoms with Crippen molar-refractivity contribution in [1.82, 2.24) is 20.0 Å². The van der Waals surface area contributed by atoms with E-state index in [1.165, 1.54) is 11.3 Å². The second kappa shape index (κ2) is 4.92. The Kier molecular flexibility index (Phi) is 3.20. The first-order valence-electron chi connectivity index (χ1n) is 5.79. The predicted octanol–water partition coefficient (Wildman–Crippen LogP) is 2.68. The zero-order chi connectivity index (χ0) is 15.0. The highest BCUT2D eigenvalue weighted by Gasteiger charge is 2.41. The van der Waals surface area contributed by atoms with Crippen molar-refractivity contribution in [3.05, 3.63) is 41.2 Å². The molecule has 0 aliphatic rings. The molecule has 0 N–H and O–H groups in total. The molecule has 2 heterocycles. The maximum Gasteiger partial charge on any atom is 0.456 e. The average molecular weight is 312 g/mol. The second-order valence-corrected chi connectivity index (χ2v) is 5.32. The van der Waals surface area contributed by atoms with E-state index in [0.717, 1.165) is 21.1 Å². The van der Waals surface area contributed by atoms with Crippen LogP contribution in [0.1, 0.15) is 15.5 Å². The van der Waals surface area contributed by atoms with Crippen LogP contribution in [-0.4, -0.2) is 31.9 Å². The quantitative estimate of drug-likeness (QED) is 0.698. The Labute approximate surface area is 120 Å². The standard InChI is InChI=1S/C12H7F3N4OS/c13-12(14,15)11(20)8-5-19(18-17-8)6-10-16-7-3-1-2-4-9(7)21-10/h1-5H,6H2. The van der Waals surface area contributed by atoms with E-state index in [1.54, 1.807) is 0 Å². The van der Waals surface area contributed by atoms with Crippen molar-refractivity contribution < 1.29 is 18.0 Å². The van der Waals surface area contributed by atoms with Gasteiger partial charge in [-0.3, -0.25) is 4.79 Å². The fourth-order valence-electron chi connectivity index (χ4n) is 1.75. The van der Waals surface area contributed by atoms with Gasteiger partial charge in [-0.2, -0.15) is 13.2 Å². The Balaban J connectivity index is 1.82. The number of hydrogen-bond donors (Lipinski definition) is 0. The number of nitrogens with zero attached hydrogens (tertiary/aromatic N) is 4. The number of rotatable bonds is 3. The summed E-state index contributed by atoms with van der Waals surface area (Å²) in [6.07, 6.45) is -3.97. The minimum Gasteiger partial charge on any atom is -0.282 e. The van der Waals surface area contributed by atoms with Crippen LogP contribution in [0.3, 0.4) is 0 Å². The molecule has 0 aliphatic heterocycles. The van der Waals surface area contributed by atoms with Crippen LogP contribution in [0.25, 0.3) is 10.2 Å². The smallest absolute Gasteiger partial charge is 0.282 e. The van der Waals surface area contributed by atoms with E-state index in [4.69, 9.17) is 0 Å². The van der Waals surface area contributed by atoms with Crippen molar-refractivity contribution in [2.45, 2.75) is 12.7 Å². The van der Waals surface area contributed by atoms with Crippen LogP contribution in [0.15, 0.2) is 30.5 Å². The number of carbonyl (C=O) groups excluding carboxylic acids is 1. The molecule has 0 unspecified atom stereocenters. The summed E-state index contributed by atoms with van der Waals surface area (Å²) in [5.74, 6) is -2.00. The molecule has 0 saturated heterocycles. The number of benzene rings is 1. The van der Waals surface area contributed by atoms with E-state index in [9.17, 15) is 18.0 Å². The van der Waals surface area contributed by atoms with Gasteiger partial charge in [-0.25, -0.2) is 9.67 Å². The van der Waals surface area contributed by atoms with Gasteiger partial charge in [-0.15, -0.1) is 16.4 Å². The summed E-state index contributed by atoms with van der Waals surface area (Å²) in [4.78, 5) is 15.4.